The van der Waals surface area contributed by atoms with Gasteiger partial charge in [-0.2, -0.15) is 13.2 Å². The molecule has 20 heavy (non-hydrogen) atoms. The van der Waals surface area contributed by atoms with Gasteiger partial charge in [-0.15, -0.1) is 0 Å². The number of nitrogens with two attached hydrogens (primary N) is 1. The molecule has 1 aromatic carbocycles. The van der Waals surface area contributed by atoms with Gasteiger partial charge in [0.25, 0.3) is 0 Å². The lowest BCUT2D eigenvalue weighted by atomic mass is 10.1. The minimum absolute atomic E-state index is 0.149. The Morgan fingerprint density at radius 1 is 1.15 bits per heavy atom. The van der Waals surface area contributed by atoms with Gasteiger partial charge in [0.05, 0.1) is 5.56 Å². The largest absolute Gasteiger partial charge is 0.416 e. The van der Waals surface area contributed by atoms with Crippen molar-refractivity contribution in [2.45, 2.75) is 12.7 Å². The molecule has 2 amide bonds. The Bertz CT molecular complexity index is 489. The Kier molecular flexibility index (Phi) is 5.51. The Balaban J connectivity index is 2.58. The first-order valence-corrected chi connectivity index (χ1v) is 5.77. The third kappa shape index (κ3) is 4.88. The van der Waals surface area contributed by atoms with Gasteiger partial charge >= 0.3 is 18.0 Å². The summed E-state index contributed by atoms with van der Waals surface area (Å²) < 4.78 is 37.4. The smallest absolute Gasteiger partial charge is 0.347 e. The first-order chi connectivity index (χ1) is 9.34. The van der Waals surface area contributed by atoms with E-state index in [0.29, 0.717) is 0 Å². The van der Waals surface area contributed by atoms with E-state index >= 15 is 0 Å². The highest BCUT2D eigenvalue weighted by atomic mass is 19.4. The number of amides is 2. The van der Waals surface area contributed by atoms with Crippen LogP contribution >= 0.6 is 0 Å². The van der Waals surface area contributed by atoms with Crippen molar-refractivity contribution in [3.05, 3.63) is 35.4 Å². The van der Waals surface area contributed by atoms with Crippen molar-refractivity contribution in [3.8, 4) is 0 Å². The molecule has 0 spiro atoms. The molecule has 0 saturated carbocycles. The Morgan fingerprint density at radius 2 is 1.80 bits per heavy atom. The number of carbonyl (C=O) groups excluding carboxylic acids is 2. The molecule has 1 rings (SSSR count). The summed E-state index contributed by atoms with van der Waals surface area (Å²) in [4.78, 5) is 22.5. The molecule has 0 atom stereocenters. The average molecular weight is 289 g/mol. The molecule has 0 heterocycles. The topological polar surface area (TPSA) is 84.2 Å². The SMILES string of the molecule is NCCNC(=O)C(=O)NCc1cccc(C(F)(F)F)c1. The molecule has 0 aliphatic heterocycles. The van der Waals surface area contributed by atoms with Crippen LogP contribution in [0.25, 0.3) is 0 Å². The van der Waals surface area contributed by atoms with E-state index in [2.05, 4.69) is 10.6 Å². The summed E-state index contributed by atoms with van der Waals surface area (Å²) in [6, 6.07) is 4.50. The molecule has 5 nitrogen and oxygen atoms in total. The normalized spacial score (nSPS) is 11.0. The predicted octanol–water partition coefficient (Wildman–Crippen LogP) is 0.396. The van der Waals surface area contributed by atoms with Crippen molar-refractivity contribution >= 4 is 11.8 Å². The summed E-state index contributed by atoms with van der Waals surface area (Å²) in [5.41, 5.74) is 4.59. The maximum Gasteiger partial charge on any atom is 0.416 e. The molecule has 0 aromatic heterocycles. The van der Waals surface area contributed by atoms with Crippen LogP contribution < -0.4 is 16.4 Å². The number of rotatable bonds is 4. The lowest BCUT2D eigenvalue weighted by Crippen LogP contribution is -2.41. The zero-order valence-corrected chi connectivity index (χ0v) is 10.5. The van der Waals surface area contributed by atoms with E-state index in [0.717, 1.165) is 12.1 Å². The van der Waals surface area contributed by atoms with Crippen molar-refractivity contribution in [1.82, 2.24) is 10.6 Å². The van der Waals surface area contributed by atoms with Gasteiger partial charge < -0.3 is 16.4 Å². The number of alkyl halides is 3. The lowest BCUT2D eigenvalue weighted by molar-refractivity contribution is -0.139. The van der Waals surface area contributed by atoms with Crippen LogP contribution in [0.5, 0.6) is 0 Å². The number of halogens is 3. The number of nitrogens with one attached hydrogen (secondary N) is 2. The zero-order chi connectivity index (χ0) is 15.2. The summed E-state index contributed by atoms with van der Waals surface area (Å²) in [7, 11) is 0. The highest BCUT2D eigenvalue weighted by Crippen LogP contribution is 2.29. The van der Waals surface area contributed by atoms with Crippen molar-refractivity contribution in [3.63, 3.8) is 0 Å². The average Bonchev–Trinajstić information content (AvgIpc) is 2.41. The van der Waals surface area contributed by atoms with Crippen molar-refractivity contribution in [2.24, 2.45) is 5.73 Å². The van der Waals surface area contributed by atoms with Crippen molar-refractivity contribution < 1.29 is 22.8 Å². The minimum atomic E-state index is -4.45. The molecule has 8 heteroatoms. The van der Waals surface area contributed by atoms with Crippen molar-refractivity contribution in [1.29, 1.82) is 0 Å². The van der Waals surface area contributed by atoms with Crippen LogP contribution in [0.2, 0.25) is 0 Å². The minimum Gasteiger partial charge on any atom is -0.347 e. The standard InChI is InChI=1S/C12H14F3N3O2/c13-12(14,15)9-3-1-2-8(6-9)7-18-11(20)10(19)17-5-4-16/h1-3,6H,4-5,7,16H2,(H,17,19)(H,18,20). The lowest BCUT2D eigenvalue weighted by Gasteiger charge is -2.09. The van der Waals surface area contributed by atoms with Gasteiger partial charge in [0.2, 0.25) is 0 Å². The highest BCUT2D eigenvalue weighted by Gasteiger charge is 2.30. The van der Waals surface area contributed by atoms with Gasteiger partial charge in [0, 0.05) is 19.6 Å². The fraction of sp³-hybridized carbons (Fsp3) is 0.333. The van der Waals surface area contributed by atoms with Gasteiger partial charge in [-0.3, -0.25) is 9.59 Å². The molecule has 0 bridgehead atoms. The maximum atomic E-state index is 12.5. The molecule has 0 radical (unpaired) electrons. The molecule has 1 aromatic rings. The van der Waals surface area contributed by atoms with E-state index in [1.807, 2.05) is 0 Å². The maximum absolute atomic E-state index is 12.5. The van der Waals surface area contributed by atoms with Crippen LogP contribution in [0.15, 0.2) is 24.3 Å². The van der Waals surface area contributed by atoms with E-state index in [9.17, 15) is 22.8 Å². The fourth-order valence-electron chi connectivity index (χ4n) is 1.39. The van der Waals surface area contributed by atoms with Crippen LogP contribution in [0, 0.1) is 0 Å². The molecule has 0 fully saturated rings. The number of benzene rings is 1. The van der Waals surface area contributed by atoms with Gasteiger partial charge in [0.1, 0.15) is 0 Å². The van der Waals surface area contributed by atoms with E-state index in [1.165, 1.54) is 12.1 Å². The monoisotopic (exact) mass is 289 g/mol. The summed E-state index contributed by atoms with van der Waals surface area (Å²) in [6.45, 7) is 0.168. The molecule has 0 aliphatic carbocycles. The molecule has 0 saturated heterocycles. The quantitative estimate of drug-likeness (QED) is 0.701. The number of carbonyl (C=O) groups is 2. The summed E-state index contributed by atoms with van der Waals surface area (Å²) in [5.74, 6) is -1.79. The third-order valence-electron chi connectivity index (χ3n) is 2.34. The predicted molar refractivity (Wildman–Crippen MR) is 65.4 cm³/mol. The van der Waals surface area contributed by atoms with E-state index < -0.39 is 23.6 Å². The van der Waals surface area contributed by atoms with Crippen LogP contribution in [-0.4, -0.2) is 24.9 Å². The van der Waals surface area contributed by atoms with Crippen molar-refractivity contribution in [2.75, 3.05) is 13.1 Å². The zero-order valence-electron chi connectivity index (χ0n) is 10.5. The second kappa shape index (κ2) is 6.90. The number of hydrogen-bond acceptors (Lipinski definition) is 3. The second-order valence-electron chi connectivity index (χ2n) is 3.93. The Morgan fingerprint density at radius 3 is 2.40 bits per heavy atom. The number of hydrogen-bond donors (Lipinski definition) is 3. The summed E-state index contributed by atoms with van der Waals surface area (Å²) >= 11 is 0. The molecule has 0 aliphatic rings. The Labute approximate surface area is 113 Å². The fourth-order valence-corrected chi connectivity index (χ4v) is 1.39. The molecular weight excluding hydrogens is 275 g/mol. The molecule has 110 valence electrons. The first-order valence-electron chi connectivity index (χ1n) is 5.77. The third-order valence-corrected chi connectivity index (χ3v) is 2.34. The van der Waals surface area contributed by atoms with Gasteiger partial charge in [-0.1, -0.05) is 12.1 Å². The van der Waals surface area contributed by atoms with Crippen LogP contribution in [-0.2, 0) is 22.3 Å². The van der Waals surface area contributed by atoms with Crippen LogP contribution in [0.4, 0.5) is 13.2 Å². The molecule has 0 unspecified atom stereocenters. The van der Waals surface area contributed by atoms with Gasteiger partial charge in [-0.05, 0) is 17.7 Å². The summed E-state index contributed by atoms with van der Waals surface area (Å²) in [5, 5.41) is 4.48. The van der Waals surface area contributed by atoms with Crippen LogP contribution in [0.1, 0.15) is 11.1 Å². The van der Waals surface area contributed by atoms with Gasteiger partial charge in [-0.25, -0.2) is 0 Å². The molecule has 4 N–H and O–H groups in total. The first kappa shape index (κ1) is 16.0. The van der Waals surface area contributed by atoms with Gasteiger partial charge in [0.15, 0.2) is 0 Å². The van der Waals surface area contributed by atoms with E-state index in [-0.39, 0.29) is 25.2 Å². The van der Waals surface area contributed by atoms with E-state index in [1.54, 1.807) is 0 Å². The Hall–Kier alpha value is -2.09. The molecular formula is C12H14F3N3O2. The summed E-state index contributed by atoms with van der Waals surface area (Å²) in [6.07, 6.45) is -4.45. The van der Waals surface area contributed by atoms with E-state index in [4.69, 9.17) is 5.73 Å². The van der Waals surface area contributed by atoms with Crippen LogP contribution in [0.3, 0.4) is 0 Å². The second-order valence-corrected chi connectivity index (χ2v) is 3.93. The highest BCUT2D eigenvalue weighted by molar-refractivity contribution is 6.35.